The molecular weight excluding hydrogens is 529 g/mol. The Kier molecular flexibility index (Phi) is 8.66. The second-order valence-electron chi connectivity index (χ2n) is 10.4. The van der Waals surface area contributed by atoms with Gasteiger partial charge in [0.25, 0.3) is 0 Å². The number of alkyl halides is 3. The molecule has 2 aromatic heterocycles. The van der Waals surface area contributed by atoms with Crippen molar-refractivity contribution in [2.45, 2.75) is 57.2 Å². The Morgan fingerprint density at radius 3 is 2.61 bits per heavy atom. The monoisotopic (exact) mass is 562 g/mol. The number of benzene rings is 2. The molecule has 0 bridgehead atoms. The van der Waals surface area contributed by atoms with Crippen LogP contribution in [0, 0.1) is 0 Å². The van der Waals surface area contributed by atoms with Crippen molar-refractivity contribution in [1.82, 2.24) is 20.0 Å². The minimum atomic E-state index is -4.38. The van der Waals surface area contributed by atoms with Crippen molar-refractivity contribution in [1.29, 1.82) is 0 Å². The number of ether oxygens (including phenoxy) is 1. The summed E-state index contributed by atoms with van der Waals surface area (Å²) in [5, 5.41) is 12.3. The lowest BCUT2D eigenvalue weighted by Gasteiger charge is -2.25. The van der Waals surface area contributed by atoms with E-state index in [0.717, 1.165) is 58.6 Å². The molecule has 5 rings (SSSR count). The summed E-state index contributed by atoms with van der Waals surface area (Å²) >= 11 is 0. The number of aromatic nitrogens is 3. The maximum atomic E-state index is 13.1. The fourth-order valence-corrected chi connectivity index (χ4v) is 5.40. The molecule has 1 aliphatic rings. The normalized spacial score (nSPS) is 14.5. The molecule has 1 N–H and O–H groups in total. The molecule has 0 amide bonds. The number of hydrogen-bond donors (Lipinski definition) is 1. The maximum absolute atomic E-state index is 13.1. The molecule has 10 heteroatoms. The highest BCUT2D eigenvalue weighted by molar-refractivity contribution is 5.69. The van der Waals surface area contributed by atoms with Crippen LogP contribution in [0.2, 0.25) is 0 Å². The van der Waals surface area contributed by atoms with Gasteiger partial charge in [0.05, 0.1) is 31.0 Å². The Balaban J connectivity index is 1.39. The van der Waals surface area contributed by atoms with Crippen LogP contribution in [0.3, 0.4) is 0 Å². The molecule has 2 heterocycles. The van der Waals surface area contributed by atoms with Gasteiger partial charge in [-0.05, 0) is 48.2 Å². The second-order valence-corrected chi connectivity index (χ2v) is 10.4. The van der Waals surface area contributed by atoms with Crippen LogP contribution in [0.1, 0.15) is 60.4 Å². The molecule has 7 nitrogen and oxygen atoms in total. The van der Waals surface area contributed by atoms with Gasteiger partial charge in [-0.3, -0.25) is 5.43 Å². The van der Waals surface area contributed by atoms with Crippen molar-refractivity contribution in [2.24, 2.45) is 10.3 Å². The Bertz CT molecular complexity index is 1520. The number of halogens is 3. The highest BCUT2D eigenvalue weighted by Gasteiger charge is 2.30. The highest BCUT2D eigenvalue weighted by atomic mass is 19.4. The van der Waals surface area contributed by atoms with Gasteiger partial charge in [-0.2, -0.15) is 23.4 Å². The fraction of sp³-hybridized carbons (Fsp3) is 0.355. The minimum absolute atomic E-state index is 0.0439. The zero-order valence-electron chi connectivity index (χ0n) is 23.0. The summed E-state index contributed by atoms with van der Waals surface area (Å²) < 4.78 is 47.0. The van der Waals surface area contributed by atoms with Gasteiger partial charge in [0.1, 0.15) is 12.4 Å². The minimum Gasteiger partial charge on any atom is -0.489 e. The van der Waals surface area contributed by atoms with Crippen LogP contribution in [0.15, 0.2) is 83.4 Å². The molecule has 0 saturated heterocycles. The van der Waals surface area contributed by atoms with E-state index in [1.807, 2.05) is 41.2 Å². The molecular formula is C31H33F3N6O. The lowest BCUT2D eigenvalue weighted by Crippen LogP contribution is -2.13. The standard InChI is InChI=1S/C31H33F3N6O/c1-21(17-37-39-35-2)15-25-18-38-40-29(24-8-4-3-5-9-24)28(19-36-30(25)40)23-11-13-27(14-12-23)41-20-22-7-6-10-26(16-22)31(32,33)34/h6-7,10-14,16,18-19,24H,1,3-5,8-9,15,17,20H2,2H3,(H,35,37). The van der Waals surface area contributed by atoms with Crippen LogP contribution in [-0.4, -0.2) is 28.2 Å². The molecule has 1 saturated carbocycles. The second kappa shape index (κ2) is 12.5. The van der Waals surface area contributed by atoms with Crippen LogP contribution in [-0.2, 0) is 19.2 Å². The van der Waals surface area contributed by atoms with E-state index < -0.39 is 11.7 Å². The smallest absolute Gasteiger partial charge is 0.416 e. The number of rotatable bonds is 10. The molecule has 41 heavy (non-hydrogen) atoms. The topological polar surface area (TPSA) is 76.2 Å². The van der Waals surface area contributed by atoms with E-state index >= 15 is 0 Å². The largest absolute Gasteiger partial charge is 0.489 e. The van der Waals surface area contributed by atoms with Crippen molar-refractivity contribution in [3.63, 3.8) is 0 Å². The van der Waals surface area contributed by atoms with E-state index in [0.29, 0.717) is 30.2 Å². The number of hydrogen-bond acceptors (Lipinski definition) is 5. The van der Waals surface area contributed by atoms with Crippen molar-refractivity contribution < 1.29 is 17.9 Å². The number of nitrogens with zero attached hydrogens (tertiary/aromatic N) is 5. The number of nitrogens with one attached hydrogen (secondary N) is 1. The molecule has 0 atom stereocenters. The Hall–Kier alpha value is -4.21. The average Bonchev–Trinajstić information content (AvgIpc) is 3.38. The van der Waals surface area contributed by atoms with Crippen molar-refractivity contribution in [3.8, 4) is 16.9 Å². The Labute approximate surface area is 237 Å². The van der Waals surface area contributed by atoms with Gasteiger partial charge >= 0.3 is 6.18 Å². The molecule has 1 fully saturated rings. The van der Waals surface area contributed by atoms with Crippen LogP contribution in [0.25, 0.3) is 16.8 Å². The molecule has 0 unspecified atom stereocenters. The first kappa shape index (κ1) is 28.3. The first-order valence-corrected chi connectivity index (χ1v) is 13.8. The summed E-state index contributed by atoms with van der Waals surface area (Å²) in [5.41, 5.74) is 8.61. The molecule has 2 aromatic carbocycles. The van der Waals surface area contributed by atoms with Crippen LogP contribution >= 0.6 is 0 Å². The summed E-state index contributed by atoms with van der Waals surface area (Å²) in [6.45, 7) is 4.71. The lowest BCUT2D eigenvalue weighted by molar-refractivity contribution is -0.137. The highest BCUT2D eigenvalue weighted by Crippen LogP contribution is 2.39. The summed E-state index contributed by atoms with van der Waals surface area (Å²) in [7, 11) is 1.61. The van der Waals surface area contributed by atoms with E-state index in [1.165, 1.54) is 25.3 Å². The molecule has 0 radical (unpaired) electrons. The van der Waals surface area contributed by atoms with Gasteiger partial charge in [-0.15, -0.1) is 0 Å². The van der Waals surface area contributed by atoms with E-state index in [4.69, 9.17) is 14.8 Å². The van der Waals surface area contributed by atoms with Crippen LogP contribution in [0.4, 0.5) is 13.2 Å². The van der Waals surface area contributed by atoms with Crippen molar-refractivity contribution in [2.75, 3.05) is 13.6 Å². The Morgan fingerprint density at radius 2 is 1.88 bits per heavy atom. The van der Waals surface area contributed by atoms with Gasteiger partial charge in [-0.25, -0.2) is 9.50 Å². The SMILES string of the molecule is C=C(CNN=NC)Cc1cnn2c(C3CCCCC3)c(-c3ccc(OCc4cccc(C(F)(F)F)c4)cc3)cnc12. The third-order valence-electron chi connectivity index (χ3n) is 7.39. The molecule has 1 aliphatic carbocycles. The first-order valence-electron chi connectivity index (χ1n) is 13.8. The van der Waals surface area contributed by atoms with E-state index in [-0.39, 0.29) is 6.61 Å². The predicted octanol–water partition coefficient (Wildman–Crippen LogP) is 7.73. The third kappa shape index (κ3) is 6.75. The van der Waals surface area contributed by atoms with E-state index in [2.05, 4.69) is 22.3 Å². The maximum Gasteiger partial charge on any atom is 0.416 e. The van der Waals surface area contributed by atoms with E-state index in [9.17, 15) is 13.2 Å². The van der Waals surface area contributed by atoms with Crippen LogP contribution in [0.5, 0.6) is 5.75 Å². The summed E-state index contributed by atoms with van der Waals surface area (Å²) in [6.07, 6.45) is 5.83. The summed E-state index contributed by atoms with van der Waals surface area (Å²) in [4.78, 5) is 4.82. The fourth-order valence-electron chi connectivity index (χ4n) is 5.40. The third-order valence-corrected chi connectivity index (χ3v) is 7.39. The molecule has 0 aliphatic heterocycles. The zero-order valence-corrected chi connectivity index (χ0v) is 23.0. The zero-order chi connectivity index (χ0) is 28.8. The predicted molar refractivity (Wildman–Crippen MR) is 152 cm³/mol. The van der Waals surface area contributed by atoms with Crippen molar-refractivity contribution in [3.05, 3.63) is 95.5 Å². The van der Waals surface area contributed by atoms with Gasteiger partial charge in [-0.1, -0.05) is 60.9 Å². The summed E-state index contributed by atoms with van der Waals surface area (Å²) in [5.74, 6) is 0.944. The first-order chi connectivity index (χ1) is 19.8. The van der Waals surface area contributed by atoms with E-state index in [1.54, 1.807) is 13.1 Å². The van der Waals surface area contributed by atoms with Gasteiger partial charge in [0.15, 0.2) is 5.65 Å². The Morgan fingerprint density at radius 1 is 1.10 bits per heavy atom. The van der Waals surface area contributed by atoms with Crippen LogP contribution < -0.4 is 10.2 Å². The lowest BCUT2D eigenvalue weighted by atomic mass is 9.84. The van der Waals surface area contributed by atoms with Gasteiger partial charge in [0.2, 0.25) is 0 Å². The summed E-state index contributed by atoms with van der Waals surface area (Å²) in [6, 6.07) is 12.8. The molecule has 0 spiro atoms. The molecule has 4 aromatic rings. The van der Waals surface area contributed by atoms with Gasteiger partial charge < -0.3 is 4.74 Å². The number of fused-ring (bicyclic) bond motifs is 1. The quantitative estimate of drug-likeness (QED) is 0.122. The van der Waals surface area contributed by atoms with Gasteiger partial charge in [0, 0.05) is 29.7 Å². The molecule has 214 valence electrons. The van der Waals surface area contributed by atoms with Crippen molar-refractivity contribution >= 4 is 5.65 Å². The average molecular weight is 563 g/mol.